The predicted octanol–water partition coefficient (Wildman–Crippen LogP) is 4.21. The summed E-state index contributed by atoms with van der Waals surface area (Å²) in [5.74, 6) is -0.401. The number of carbonyl (C=O) groups excluding carboxylic acids is 2. The van der Waals surface area contributed by atoms with Gasteiger partial charge in [-0.15, -0.1) is 0 Å². The molecule has 2 aliphatic rings. The van der Waals surface area contributed by atoms with Gasteiger partial charge in [-0.25, -0.2) is 4.98 Å². The molecule has 3 aromatic rings. The Morgan fingerprint density at radius 2 is 1.69 bits per heavy atom. The molecule has 2 atom stereocenters. The highest BCUT2D eigenvalue weighted by Gasteiger charge is 2.34. The van der Waals surface area contributed by atoms with E-state index < -0.39 is 0 Å². The van der Waals surface area contributed by atoms with Crippen molar-refractivity contribution in [2.75, 3.05) is 33.7 Å². The molecule has 2 unspecified atom stereocenters. The highest BCUT2D eigenvalue weighted by Crippen LogP contribution is 2.34. The SMILES string of the molecule is CCCN(C)C1CCCC(N(C)CCN2C(=O)c3cccc4c(-n5ccnc5)ccc(c34)C2=O)C1. The molecule has 2 heterocycles. The quantitative estimate of drug-likeness (QED) is 0.459. The lowest BCUT2D eigenvalue weighted by Gasteiger charge is -2.39. The Hall–Kier alpha value is -3.03. The van der Waals surface area contributed by atoms with Crippen molar-refractivity contribution in [2.24, 2.45) is 0 Å². The molecule has 0 saturated heterocycles. The van der Waals surface area contributed by atoms with Crippen molar-refractivity contribution in [3.05, 3.63) is 60.2 Å². The van der Waals surface area contributed by atoms with Gasteiger partial charge >= 0.3 is 0 Å². The van der Waals surface area contributed by atoms with E-state index >= 15 is 0 Å². The van der Waals surface area contributed by atoms with Crippen LogP contribution in [-0.2, 0) is 0 Å². The minimum absolute atomic E-state index is 0.200. The minimum Gasteiger partial charge on any atom is -0.306 e. The largest absolute Gasteiger partial charge is 0.306 e. The lowest BCUT2D eigenvalue weighted by Crippen LogP contribution is -2.48. The summed E-state index contributed by atoms with van der Waals surface area (Å²) in [6.45, 7) is 4.45. The molecule has 1 saturated carbocycles. The van der Waals surface area contributed by atoms with Crippen LogP contribution in [0, 0.1) is 0 Å². The van der Waals surface area contributed by atoms with E-state index in [0.717, 1.165) is 29.4 Å². The maximum Gasteiger partial charge on any atom is 0.261 e. The number of hydrogen-bond donors (Lipinski definition) is 0. The fourth-order valence-electron chi connectivity index (χ4n) is 5.88. The summed E-state index contributed by atoms with van der Waals surface area (Å²) in [6.07, 6.45) is 11.3. The van der Waals surface area contributed by atoms with E-state index in [-0.39, 0.29) is 11.8 Å². The molecule has 184 valence electrons. The Bertz CT molecular complexity index is 1200. The van der Waals surface area contributed by atoms with Gasteiger partial charge in [0.1, 0.15) is 0 Å². The van der Waals surface area contributed by atoms with Crippen molar-refractivity contribution >= 4 is 22.6 Å². The maximum absolute atomic E-state index is 13.5. The number of carbonyl (C=O) groups is 2. The molecule has 2 amide bonds. The lowest BCUT2D eigenvalue weighted by molar-refractivity contribution is 0.0569. The van der Waals surface area contributed by atoms with Crippen molar-refractivity contribution in [1.29, 1.82) is 0 Å². The molecule has 1 aliphatic heterocycles. The molecule has 0 radical (unpaired) electrons. The summed E-state index contributed by atoms with van der Waals surface area (Å²) in [7, 11) is 4.37. The van der Waals surface area contributed by atoms with E-state index in [1.54, 1.807) is 12.5 Å². The van der Waals surface area contributed by atoms with Crippen LogP contribution in [0.25, 0.3) is 16.5 Å². The predicted molar refractivity (Wildman–Crippen MR) is 138 cm³/mol. The number of benzene rings is 2. The Kier molecular flexibility index (Phi) is 6.71. The summed E-state index contributed by atoms with van der Waals surface area (Å²) in [4.78, 5) is 37.4. The normalized spacial score (nSPS) is 20.4. The molecule has 5 rings (SSSR count). The van der Waals surface area contributed by atoms with Gasteiger partial charge in [0.15, 0.2) is 0 Å². The Labute approximate surface area is 207 Å². The van der Waals surface area contributed by atoms with E-state index in [9.17, 15) is 9.59 Å². The molecule has 1 aliphatic carbocycles. The van der Waals surface area contributed by atoms with Crippen LogP contribution >= 0.6 is 0 Å². The van der Waals surface area contributed by atoms with Crippen molar-refractivity contribution in [2.45, 2.75) is 51.1 Å². The number of amides is 2. The Balaban J connectivity index is 1.33. The fourth-order valence-corrected chi connectivity index (χ4v) is 5.88. The number of aromatic nitrogens is 2. The fraction of sp³-hybridized carbons (Fsp3) is 0.464. The first-order chi connectivity index (χ1) is 17.0. The summed E-state index contributed by atoms with van der Waals surface area (Å²) in [5.41, 5.74) is 2.11. The van der Waals surface area contributed by atoms with Crippen LogP contribution in [0.4, 0.5) is 0 Å². The van der Waals surface area contributed by atoms with Crippen molar-refractivity contribution in [1.82, 2.24) is 24.3 Å². The zero-order valence-corrected chi connectivity index (χ0v) is 21.0. The first-order valence-corrected chi connectivity index (χ1v) is 12.8. The third kappa shape index (κ3) is 4.39. The van der Waals surface area contributed by atoms with Gasteiger partial charge < -0.3 is 14.4 Å². The number of imidazole rings is 1. The first-order valence-electron chi connectivity index (χ1n) is 12.8. The third-order valence-electron chi connectivity index (χ3n) is 7.87. The number of hydrogen-bond acceptors (Lipinski definition) is 5. The topological polar surface area (TPSA) is 61.7 Å². The van der Waals surface area contributed by atoms with E-state index in [4.69, 9.17) is 0 Å². The molecule has 0 N–H and O–H groups in total. The molecule has 1 fully saturated rings. The van der Waals surface area contributed by atoms with Gasteiger partial charge in [0.25, 0.3) is 11.8 Å². The van der Waals surface area contributed by atoms with Crippen LogP contribution in [0.3, 0.4) is 0 Å². The van der Waals surface area contributed by atoms with Gasteiger partial charge in [0.2, 0.25) is 0 Å². The minimum atomic E-state index is -0.200. The highest BCUT2D eigenvalue weighted by molar-refractivity contribution is 6.26. The standard InChI is InChI=1S/C28H35N5O2/c1-4-14-30(2)20-7-5-8-21(18-20)31(3)16-17-33-27(34)23-10-6-9-22-25(32-15-13-29-19-32)12-11-24(26(22)23)28(33)35/h6,9-13,15,19-21H,4-5,7-8,14,16-18H2,1-3H3. The number of rotatable bonds is 8. The van der Waals surface area contributed by atoms with Crippen molar-refractivity contribution < 1.29 is 9.59 Å². The highest BCUT2D eigenvalue weighted by atomic mass is 16.2. The molecule has 35 heavy (non-hydrogen) atoms. The molecule has 7 nitrogen and oxygen atoms in total. The Morgan fingerprint density at radius 3 is 2.37 bits per heavy atom. The first kappa shape index (κ1) is 23.7. The molecular weight excluding hydrogens is 438 g/mol. The number of imide groups is 1. The zero-order chi connectivity index (χ0) is 24.5. The van der Waals surface area contributed by atoms with Crippen LogP contribution in [0.5, 0.6) is 0 Å². The molecule has 0 bridgehead atoms. The average molecular weight is 474 g/mol. The smallest absolute Gasteiger partial charge is 0.261 e. The molecule has 0 spiro atoms. The van der Waals surface area contributed by atoms with Crippen LogP contribution in [0.2, 0.25) is 0 Å². The van der Waals surface area contributed by atoms with Gasteiger partial charge in [-0.2, -0.15) is 0 Å². The molecular formula is C28H35N5O2. The lowest BCUT2D eigenvalue weighted by atomic mass is 9.89. The summed E-state index contributed by atoms with van der Waals surface area (Å²) >= 11 is 0. The Morgan fingerprint density at radius 1 is 0.971 bits per heavy atom. The molecule has 7 heteroatoms. The van der Waals surface area contributed by atoms with Gasteiger partial charge in [-0.1, -0.05) is 25.5 Å². The van der Waals surface area contributed by atoms with Crippen LogP contribution < -0.4 is 0 Å². The average Bonchev–Trinajstić information content (AvgIpc) is 3.42. The number of likely N-dealkylation sites (N-methyl/N-ethyl adjacent to an activating group) is 1. The second-order valence-corrected chi connectivity index (χ2v) is 10.0. The van der Waals surface area contributed by atoms with E-state index in [2.05, 4.69) is 35.8 Å². The van der Waals surface area contributed by atoms with Crippen LogP contribution in [0.15, 0.2) is 49.1 Å². The molecule has 1 aromatic heterocycles. The third-order valence-corrected chi connectivity index (χ3v) is 7.87. The van der Waals surface area contributed by atoms with Gasteiger partial charge in [-0.05, 0) is 64.5 Å². The van der Waals surface area contributed by atoms with Crippen molar-refractivity contribution in [3.8, 4) is 5.69 Å². The molecule has 2 aromatic carbocycles. The summed E-state index contributed by atoms with van der Waals surface area (Å²) < 4.78 is 1.91. The second kappa shape index (κ2) is 9.91. The van der Waals surface area contributed by atoms with Crippen LogP contribution in [0.1, 0.15) is 59.7 Å². The van der Waals surface area contributed by atoms with Crippen LogP contribution in [-0.4, -0.2) is 81.9 Å². The maximum atomic E-state index is 13.5. The van der Waals surface area contributed by atoms with Gasteiger partial charge in [0.05, 0.1) is 12.0 Å². The van der Waals surface area contributed by atoms with E-state index in [0.29, 0.717) is 36.3 Å². The van der Waals surface area contributed by atoms with E-state index in [1.165, 1.54) is 30.6 Å². The van der Waals surface area contributed by atoms with Gasteiger partial charge in [-0.3, -0.25) is 14.5 Å². The summed E-state index contributed by atoms with van der Waals surface area (Å²) in [6, 6.07) is 10.6. The van der Waals surface area contributed by atoms with Crippen molar-refractivity contribution in [3.63, 3.8) is 0 Å². The zero-order valence-electron chi connectivity index (χ0n) is 21.0. The monoisotopic (exact) mass is 473 g/mol. The second-order valence-electron chi connectivity index (χ2n) is 10.0. The van der Waals surface area contributed by atoms with Gasteiger partial charge in [0, 0.05) is 59.5 Å². The van der Waals surface area contributed by atoms with E-state index in [1.807, 2.05) is 41.1 Å². The number of nitrogens with zero attached hydrogens (tertiary/aromatic N) is 5. The summed E-state index contributed by atoms with van der Waals surface area (Å²) in [5, 5.41) is 1.63.